The van der Waals surface area contributed by atoms with Gasteiger partial charge in [-0.15, -0.1) is 0 Å². The van der Waals surface area contributed by atoms with Crippen LogP contribution in [0, 0.1) is 0 Å². The van der Waals surface area contributed by atoms with Gasteiger partial charge in [-0.3, -0.25) is 0 Å². The van der Waals surface area contributed by atoms with Gasteiger partial charge in [-0.2, -0.15) is 5.10 Å². The fourth-order valence-corrected chi connectivity index (χ4v) is 3.65. The average Bonchev–Trinajstić information content (AvgIpc) is 3.30. The number of para-hydroxylation sites is 1. The molecule has 0 bridgehead atoms. The van der Waals surface area contributed by atoms with Crippen molar-refractivity contribution in [3.63, 3.8) is 0 Å². The monoisotopic (exact) mass is 332 g/mol. The lowest BCUT2D eigenvalue weighted by Crippen LogP contribution is -1.90. The first-order valence-corrected chi connectivity index (χ1v) is 8.42. The Morgan fingerprint density at radius 1 is 1.00 bits per heavy atom. The molecule has 3 heterocycles. The first-order valence-electron chi connectivity index (χ1n) is 7.60. The van der Waals surface area contributed by atoms with Gasteiger partial charge in [-0.1, -0.05) is 59.0 Å². The standard InChI is InChI=1S/C18H12N4OS/c1-2-6-12(7-3-1)15-11-22-18(19-15)24-17(20-22)10-14-13-8-4-5-9-16(13)23-21-14/h1-9,11H,10H2. The summed E-state index contributed by atoms with van der Waals surface area (Å²) in [4.78, 5) is 5.56. The highest BCUT2D eigenvalue weighted by atomic mass is 32.1. The lowest BCUT2D eigenvalue weighted by molar-refractivity contribution is 0.448. The zero-order valence-electron chi connectivity index (χ0n) is 12.6. The molecule has 0 amide bonds. The van der Waals surface area contributed by atoms with Gasteiger partial charge in [0, 0.05) is 17.4 Å². The zero-order chi connectivity index (χ0) is 15.9. The van der Waals surface area contributed by atoms with E-state index in [1.165, 1.54) is 0 Å². The van der Waals surface area contributed by atoms with Crippen LogP contribution in [0.1, 0.15) is 10.7 Å². The third-order valence-electron chi connectivity index (χ3n) is 3.93. The van der Waals surface area contributed by atoms with E-state index in [1.54, 1.807) is 11.3 Å². The molecule has 5 aromatic rings. The predicted octanol–water partition coefficient (Wildman–Crippen LogP) is 4.19. The van der Waals surface area contributed by atoms with Crippen LogP contribution in [-0.2, 0) is 6.42 Å². The van der Waals surface area contributed by atoms with Gasteiger partial charge in [0.25, 0.3) is 0 Å². The maximum Gasteiger partial charge on any atom is 0.212 e. The van der Waals surface area contributed by atoms with E-state index in [9.17, 15) is 0 Å². The fourth-order valence-electron chi connectivity index (χ4n) is 2.77. The number of benzene rings is 2. The Balaban J connectivity index is 1.49. The van der Waals surface area contributed by atoms with Gasteiger partial charge in [0.1, 0.15) is 5.01 Å². The van der Waals surface area contributed by atoms with Gasteiger partial charge >= 0.3 is 0 Å². The number of imidazole rings is 1. The van der Waals surface area contributed by atoms with E-state index in [0.29, 0.717) is 6.42 Å². The van der Waals surface area contributed by atoms with Crippen LogP contribution < -0.4 is 0 Å². The molecule has 0 atom stereocenters. The Morgan fingerprint density at radius 2 is 1.83 bits per heavy atom. The molecular formula is C18H12N4OS. The van der Waals surface area contributed by atoms with Crippen molar-refractivity contribution < 1.29 is 4.52 Å². The number of nitrogens with zero attached hydrogens (tertiary/aromatic N) is 4. The van der Waals surface area contributed by atoms with E-state index in [-0.39, 0.29) is 0 Å². The van der Waals surface area contributed by atoms with Crippen molar-refractivity contribution in [1.82, 2.24) is 19.8 Å². The summed E-state index contributed by atoms with van der Waals surface area (Å²) in [7, 11) is 0. The van der Waals surface area contributed by atoms with Crippen LogP contribution in [0.4, 0.5) is 0 Å². The zero-order valence-corrected chi connectivity index (χ0v) is 13.4. The molecular weight excluding hydrogens is 320 g/mol. The molecule has 0 aliphatic carbocycles. The predicted molar refractivity (Wildman–Crippen MR) is 93.1 cm³/mol. The van der Waals surface area contributed by atoms with Crippen molar-refractivity contribution in [3.05, 3.63) is 71.5 Å². The van der Waals surface area contributed by atoms with Crippen LogP contribution in [0.3, 0.4) is 0 Å². The number of hydrogen-bond acceptors (Lipinski definition) is 5. The van der Waals surface area contributed by atoms with Gasteiger partial charge in [0.15, 0.2) is 5.58 Å². The molecule has 2 aromatic carbocycles. The lowest BCUT2D eigenvalue weighted by Gasteiger charge is -1.93. The highest BCUT2D eigenvalue weighted by Gasteiger charge is 2.13. The van der Waals surface area contributed by atoms with Crippen molar-refractivity contribution in [2.45, 2.75) is 6.42 Å². The topological polar surface area (TPSA) is 56.2 Å². The molecule has 3 aromatic heterocycles. The molecule has 0 N–H and O–H groups in total. The van der Waals surface area contributed by atoms with Crippen LogP contribution in [0.2, 0.25) is 0 Å². The second-order valence-electron chi connectivity index (χ2n) is 5.52. The van der Waals surface area contributed by atoms with Gasteiger partial charge in [0.2, 0.25) is 4.96 Å². The van der Waals surface area contributed by atoms with E-state index < -0.39 is 0 Å². The number of aromatic nitrogens is 4. The largest absolute Gasteiger partial charge is 0.356 e. The third-order valence-corrected chi connectivity index (χ3v) is 4.85. The second-order valence-corrected chi connectivity index (χ2v) is 6.56. The van der Waals surface area contributed by atoms with Crippen molar-refractivity contribution in [1.29, 1.82) is 0 Å². The normalized spacial score (nSPS) is 11.5. The summed E-state index contributed by atoms with van der Waals surface area (Å²) >= 11 is 1.58. The van der Waals surface area contributed by atoms with Gasteiger partial charge in [-0.25, -0.2) is 9.50 Å². The summed E-state index contributed by atoms with van der Waals surface area (Å²) in [5.41, 5.74) is 3.75. The summed E-state index contributed by atoms with van der Waals surface area (Å²) in [6.45, 7) is 0. The minimum atomic E-state index is 0.645. The summed E-state index contributed by atoms with van der Waals surface area (Å²) in [6, 6.07) is 18.0. The van der Waals surface area contributed by atoms with E-state index in [0.717, 1.165) is 37.9 Å². The van der Waals surface area contributed by atoms with Crippen molar-refractivity contribution in [2.75, 3.05) is 0 Å². The van der Waals surface area contributed by atoms with Crippen LogP contribution >= 0.6 is 11.3 Å². The van der Waals surface area contributed by atoms with Crippen molar-refractivity contribution in [2.24, 2.45) is 0 Å². The highest BCUT2D eigenvalue weighted by molar-refractivity contribution is 7.16. The van der Waals surface area contributed by atoms with Crippen molar-refractivity contribution >= 4 is 27.3 Å². The van der Waals surface area contributed by atoms with E-state index >= 15 is 0 Å². The molecule has 0 spiro atoms. The summed E-state index contributed by atoms with van der Waals surface area (Å²) < 4.78 is 7.20. The van der Waals surface area contributed by atoms with Gasteiger partial charge in [-0.05, 0) is 12.1 Å². The Kier molecular flexibility index (Phi) is 2.96. The Labute approximate surface area is 141 Å². The fraction of sp³-hybridized carbons (Fsp3) is 0.0556. The van der Waals surface area contributed by atoms with E-state index in [4.69, 9.17) is 4.52 Å². The summed E-state index contributed by atoms with van der Waals surface area (Å²) in [5, 5.41) is 10.8. The maximum absolute atomic E-state index is 5.36. The molecule has 0 saturated carbocycles. The summed E-state index contributed by atoms with van der Waals surface area (Å²) in [6.07, 6.45) is 2.61. The first kappa shape index (κ1) is 13.4. The molecule has 0 fully saturated rings. The second kappa shape index (κ2) is 5.28. The summed E-state index contributed by atoms with van der Waals surface area (Å²) in [5.74, 6) is 0. The third kappa shape index (κ3) is 2.19. The molecule has 24 heavy (non-hydrogen) atoms. The Morgan fingerprint density at radius 3 is 2.71 bits per heavy atom. The Bertz CT molecular complexity index is 1110. The number of fused-ring (bicyclic) bond motifs is 2. The van der Waals surface area contributed by atoms with Crippen LogP contribution in [0.15, 0.2) is 65.3 Å². The van der Waals surface area contributed by atoms with E-state index in [2.05, 4.69) is 27.4 Å². The molecule has 0 unspecified atom stereocenters. The van der Waals surface area contributed by atoms with E-state index in [1.807, 2.05) is 53.2 Å². The van der Waals surface area contributed by atoms with Crippen molar-refractivity contribution in [3.8, 4) is 11.3 Å². The smallest absolute Gasteiger partial charge is 0.212 e. The van der Waals surface area contributed by atoms with Gasteiger partial charge < -0.3 is 4.52 Å². The van der Waals surface area contributed by atoms with Crippen LogP contribution in [0.25, 0.3) is 27.2 Å². The SMILES string of the molecule is c1ccc(-c2cn3nc(Cc4noc5ccccc45)sc3n2)cc1. The maximum atomic E-state index is 5.36. The first-order chi connectivity index (χ1) is 11.9. The lowest BCUT2D eigenvalue weighted by atomic mass is 10.2. The minimum absolute atomic E-state index is 0.645. The molecule has 0 radical (unpaired) electrons. The molecule has 6 heteroatoms. The number of hydrogen-bond donors (Lipinski definition) is 0. The molecule has 0 saturated heterocycles. The highest BCUT2D eigenvalue weighted by Crippen LogP contribution is 2.25. The number of rotatable bonds is 3. The molecule has 5 rings (SSSR count). The van der Waals surface area contributed by atoms with Crippen LogP contribution in [-0.4, -0.2) is 19.8 Å². The van der Waals surface area contributed by atoms with Gasteiger partial charge in [0.05, 0.1) is 17.6 Å². The van der Waals surface area contributed by atoms with Crippen LogP contribution in [0.5, 0.6) is 0 Å². The quantitative estimate of drug-likeness (QED) is 0.497. The molecule has 0 aliphatic heterocycles. The molecule has 116 valence electrons. The average molecular weight is 332 g/mol. The molecule has 0 aliphatic rings. The Hall–Kier alpha value is -2.99. The minimum Gasteiger partial charge on any atom is -0.356 e. The molecule has 5 nitrogen and oxygen atoms in total.